The summed E-state index contributed by atoms with van der Waals surface area (Å²) in [5, 5.41) is 0. The van der Waals surface area contributed by atoms with Crippen LogP contribution in [-0.2, 0) is 9.53 Å². The van der Waals surface area contributed by atoms with Gasteiger partial charge in [0.2, 0.25) is 0 Å². The summed E-state index contributed by atoms with van der Waals surface area (Å²) in [6.45, 7) is 7.14. The molecule has 0 bridgehead atoms. The zero-order chi connectivity index (χ0) is 29.1. The minimum Gasteiger partial charge on any atom is -0.494 e. The maximum Gasteiger partial charge on any atom is 0.306 e. The van der Waals surface area contributed by atoms with Crippen molar-refractivity contribution >= 4 is 5.97 Å². The molecule has 3 aromatic rings. The van der Waals surface area contributed by atoms with Gasteiger partial charge in [0.15, 0.2) is 0 Å². The number of esters is 1. The molecule has 3 rings (SSSR count). The molecule has 0 radical (unpaired) electrons. The van der Waals surface area contributed by atoms with Gasteiger partial charge in [0.1, 0.15) is 11.9 Å². The van der Waals surface area contributed by atoms with Crippen molar-refractivity contribution in [3.63, 3.8) is 0 Å². The van der Waals surface area contributed by atoms with Crippen LogP contribution >= 0.6 is 0 Å². The van der Waals surface area contributed by atoms with Crippen molar-refractivity contribution in [1.82, 2.24) is 0 Å². The number of ether oxygens (including phenoxy) is 2. The quantitative estimate of drug-likeness (QED) is 0.103. The van der Waals surface area contributed by atoms with E-state index >= 15 is 0 Å². The van der Waals surface area contributed by atoms with Gasteiger partial charge in [0, 0.05) is 6.42 Å². The number of carbonyl (C=O) groups excluding carboxylic acids is 1. The van der Waals surface area contributed by atoms with Crippen LogP contribution in [0.15, 0.2) is 72.8 Å². The summed E-state index contributed by atoms with van der Waals surface area (Å²) in [5.41, 5.74) is 5.70. The van der Waals surface area contributed by atoms with Gasteiger partial charge >= 0.3 is 5.97 Å². The van der Waals surface area contributed by atoms with Crippen LogP contribution in [0.3, 0.4) is 0 Å². The molecule has 0 aliphatic rings. The van der Waals surface area contributed by atoms with Crippen molar-refractivity contribution in [2.75, 3.05) is 6.61 Å². The average molecular weight is 557 g/mol. The predicted molar refractivity (Wildman–Crippen MR) is 173 cm³/mol. The second-order valence-electron chi connectivity index (χ2n) is 11.3. The van der Waals surface area contributed by atoms with E-state index in [1.54, 1.807) is 0 Å². The van der Waals surface area contributed by atoms with Crippen LogP contribution in [0.2, 0.25) is 0 Å². The molecule has 0 saturated carbocycles. The number of unbranched alkanes of at least 4 members (excludes halogenated alkanes) is 11. The van der Waals surface area contributed by atoms with Crippen LogP contribution in [0.4, 0.5) is 0 Å². The lowest BCUT2D eigenvalue weighted by molar-refractivity contribution is -0.148. The zero-order valence-corrected chi connectivity index (χ0v) is 25.8. The normalized spacial score (nSPS) is 11.8. The van der Waals surface area contributed by atoms with Crippen LogP contribution in [0.1, 0.15) is 122 Å². The number of benzene rings is 3. The molecule has 41 heavy (non-hydrogen) atoms. The fourth-order valence-corrected chi connectivity index (χ4v) is 5.27. The first-order valence-corrected chi connectivity index (χ1v) is 16.2. The van der Waals surface area contributed by atoms with Gasteiger partial charge < -0.3 is 9.47 Å². The van der Waals surface area contributed by atoms with Gasteiger partial charge in [-0.2, -0.15) is 0 Å². The van der Waals surface area contributed by atoms with E-state index in [0.717, 1.165) is 49.2 Å². The fraction of sp³-hybridized carbons (Fsp3) is 0.500. The highest BCUT2D eigenvalue weighted by molar-refractivity contribution is 5.83. The fourth-order valence-electron chi connectivity index (χ4n) is 5.27. The molecule has 0 saturated heterocycles. The third-order valence-corrected chi connectivity index (χ3v) is 7.84. The van der Waals surface area contributed by atoms with E-state index in [1.807, 2.05) is 6.92 Å². The van der Waals surface area contributed by atoms with Crippen LogP contribution in [0.5, 0.6) is 5.75 Å². The molecule has 0 spiro atoms. The standard InChI is InChI=1S/C38H52O3/c1-4-6-8-9-10-11-12-13-14-18-30-40-35-28-26-34(27-29-35)37-20-17-16-19-36(37)33-24-22-32(23-25-33)31(3)41-38(39)21-15-7-5-2/h16-17,19-20,22-29,31H,4-15,18,21,30H2,1-3H3. The molecule has 222 valence electrons. The molecule has 1 unspecified atom stereocenters. The zero-order valence-electron chi connectivity index (χ0n) is 25.8. The maximum absolute atomic E-state index is 12.1. The van der Waals surface area contributed by atoms with E-state index in [9.17, 15) is 4.79 Å². The first kappa shape index (κ1) is 32.4. The first-order valence-electron chi connectivity index (χ1n) is 16.2. The highest BCUT2D eigenvalue weighted by atomic mass is 16.5. The SMILES string of the molecule is CCCCCCCCCCCCOc1ccc(-c2ccccc2-c2ccc(C(C)OC(=O)CCCCC)cc2)cc1. The minimum atomic E-state index is -0.249. The molecule has 0 aliphatic carbocycles. The lowest BCUT2D eigenvalue weighted by atomic mass is 9.94. The second kappa shape index (κ2) is 19.1. The van der Waals surface area contributed by atoms with Gasteiger partial charge in [-0.15, -0.1) is 0 Å². The minimum absolute atomic E-state index is 0.115. The summed E-state index contributed by atoms with van der Waals surface area (Å²) in [6, 6.07) is 25.4. The smallest absolute Gasteiger partial charge is 0.306 e. The van der Waals surface area contributed by atoms with Gasteiger partial charge in [0.05, 0.1) is 6.61 Å². The number of rotatable bonds is 20. The van der Waals surface area contributed by atoms with Gasteiger partial charge in [-0.1, -0.05) is 145 Å². The molecule has 0 aliphatic heterocycles. The van der Waals surface area contributed by atoms with E-state index < -0.39 is 0 Å². The third kappa shape index (κ3) is 11.7. The van der Waals surface area contributed by atoms with Crippen molar-refractivity contribution in [3.8, 4) is 28.0 Å². The Bertz CT molecular complexity index is 1120. The van der Waals surface area contributed by atoms with E-state index in [1.165, 1.54) is 74.5 Å². The van der Waals surface area contributed by atoms with Crippen molar-refractivity contribution in [3.05, 3.63) is 78.4 Å². The lowest BCUT2D eigenvalue weighted by Crippen LogP contribution is -2.08. The molecule has 0 amide bonds. The molecule has 1 atom stereocenters. The molecule has 0 N–H and O–H groups in total. The van der Waals surface area contributed by atoms with Crippen molar-refractivity contribution in [2.45, 2.75) is 117 Å². The highest BCUT2D eigenvalue weighted by Gasteiger charge is 2.13. The summed E-state index contributed by atoms with van der Waals surface area (Å²) in [4.78, 5) is 12.1. The molecule has 0 fully saturated rings. The third-order valence-electron chi connectivity index (χ3n) is 7.84. The second-order valence-corrected chi connectivity index (χ2v) is 11.3. The summed E-state index contributed by atoms with van der Waals surface area (Å²) in [5.74, 6) is 0.820. The van der Waals surface area contributed by atoms with Crippen LogP contribution in [0.25, 0.3) is 22.3 Å². The number of hydrogen-bond acceptors (Lipinski definition) is 3. The topological polar surface area (TPSA) is 35.5 Å². The van der Waals surface area contributed by atoms with Gasteiger partial charge in [0.25, 0.3) is 0 Å². The average Bonchev–Trinajstić information content (AvgIpc) is 3.00. The maximum atomic E-state index is 12.1. The summed E-state index contributed by atoms with van der Waals surface area (Å²) in [7, 11) is 0. The largest absolute Gasteiger partial charge is 0.494 e. The Labute approximate surface area is 249 Å². The van der Waals surface area contributed by atoms with Gasteiger partial charge in [-0.3, -0.25) is 4.79 Å². The Hall–Kier alpha value is -3.07. The van der Waals surface area contributed by atoms with E-state index in [0.29, 0.717) is 6.42 Å². The molecular weight excluding hydrogens is 504 g/mol. The highest BCUT2D eigenvalue weighted by Crippen LogP contribution is 2.33. The van der Waals surface area contributed by atoms with Crippen LogP contribution in [0, 0.1) is 0 Å². The van der Waals surface area contributed by atoms with E-state index in [2.05, 4.69) is 86.6 Å². The molecule has 0 aromatic heterocycles. The Kier molecular flexibility index (Phi) is 15.1. The van der Waals surface area contributed by atoms with E-state index in [4.69, 9.17) is 9.47 Å². The number of carbonyl (C=O) groups is 1. The summed E-state index contributed by atoms with van der Waals surface area (Å²) < 4.78 is 11.7. The Morgan fingerprint density at radius 1 is 0.610 bits per heavy atom. The molecule has 3 aromatic carbocycles. The Balaban J connectivity index is 1.48. The lowest BCUT2D eigenvalue weighted by Gasteiger charge is -2.15. The predicted octanol–water partition coefficient (Wildman–Crippen LogP) is 11.5. The monoisotopic (exact) mass is 556 g/mol. The molecular formula is C38H52O3. The summed E-state index contributed by atoms with van der Waals surface area (Å²) in [6.07, 6.45) is 16.6. The Morgan fingerprint density at radius 2 is 1.10 bits per heavy atom. The first-order chi connectivity index (χ1) is 20.1. The van der Waals surface area contributed by atoms with Crippen LogP contribution in [-0.4, -0.2) is 12.6 Å². The van der Waals surface area contributed by atoms with Crippen molar-refractivity contribution < 1.29 is 14.3 Å². The van der Waals surface area contributed by atoms with Crippen molar-refractivity contribution in [1.29, 1.82) is 0 Å². The molecule has 0 heterocycles. The van der Waals surface area contributed by atoms with Gasteiger partial charge in [-0.25, -0.2) is 0 Å². The number of hydrogen-bond donors (Lipinski definition) is 0. The van der Waals surface area contributed by atoms with Crippen LogP contribution < -0.4 is 4.74 Å². The van der Waals surface area contributed by atoms with E-state index in [-0.39, 0.29) is 12.1 Å². The van der Waals surface area contributed by atoms with Gasteiger partial charge in [-0.05, 0) is 59.7 Å². The molecule has 3 heteroatoms. The molecule has 3 nitrogen and oxygen atoms in total. The van der Waals surface area contributed by atoms with Crippen molar-refractivity contribution in [2.24, 2.45) is 0 Å². The Morgan fingerprint density at radius 3 is 1.66 bits per heavy atom. The summed E-state index contributed by atoms with van der Waals surface area (Å²) >= 11 is 0.